The molecule has 0 aromatic heterocycles. The number of aliphatic imine (C=N–C) groups is 1. The molecule has 4 rings (SSSR count). The van der Waals surface area contributed by atoms with Crippen LogP contribution in [0.4, 0.5) is 0 Å². The second-order valence-corrected chi connectivity index (χ2v) is 8.71. The quantitative estimate of drug-likeness (QED) is 0.306. The van der Waals surface area contributed by atoms with Crippen molar-refractivity contribution in [3.8, 4) is 0 Å². The standard InChI is InChI=1S/C24H31ClN4O.HI/c1-26-23(28-18-24(9-10-24)21-3-2-4-22(25)15-21)27-16-19-5-7-20(8-6-19)17-29-11-13-30-14-12-29;/h2-8,15H,9-14,16-18H2,1H3,(H2,26,27,28);1H. The Morgan fingerprint density at radius 2 is 1.77 bits per heavy atom. The van der Waals surface area contributed by atoms with Gasteiger partial charge in [-0.25, -0.2) is 0 Å². The van der Waals surface area contributed by atoms with E-state index in [4.69, 9.17) is 16.3 Å². The molecule has 0 spiro atoms. The van der Waals surface area contributed by atoms with Gasteiger partial charge in [-0.2, -0.15) is 0 Å². The molecule has 7 heteroatoms. The Labute approximate surface area is 207 Å². The highest BCUT2D eigenvalue weighted by molar-refractivity contribution is 14.0. The minimum atomic E-state index is 0. The summed E-state index contributed by atoms with van der Waals surface area (Å²) in [5.41, 5.74) is 4.10. The number of morpholine rings is 1. The van der Waals surface area contributed by atoms with Crippen LogP contribution in [0.5, 0.6) is 0 Å². The summed E-state index contributed by atoms with van der Waals surface area (Å²) in [6.45, 7) is 6.32. The lowest BCUT2D eigenvalue weighted by molar-refractivity contribution is 0.0342. The van der Waals surface area contributed by atoms with Crippen LogP contribution >= 0.6 is 35.6 Å². The molecule has 0 unspecified atom stereocenters. The first-order valence-corrected chi connectivity index (χ1v) is 11.1. The molecule has 2 aromatic rings. The Kier molecular flexibility index (Phi) is 9.01. The van der Waals surface area contributed by atoms with Gasteiger partial charge < -0.3 is 15.4 Å². The van der Waals surface area contributed by atoms with Gasteiger partial charge in [0.2, 0.25) is 0 Å². The van der Waals surface area contributed by atoms with Crippen LogP contribution in [0.15, 0.2) is 53.5 Å². The van der Waals surface area contributed by atoms with E-state index in [9.17, 15) is 0 Å². The Morgan fingerprint density at radius 1 is 1.06 bits per heavy atom. The molecule has 0 bridgehead atoms. The summed E-state index contributed by atoms with van der Waals surface area (Å²) < 4.78 is 5.42. The fourth-order valence-corrected chi connectivity index (χ4v) is 4.17. The predicted octanol–water partition coefficient (Wildman–Crippen LogP) is 4.19. The molecule has 2 N–H and O–H groups in total. The number of hydrogen-bond acceptors (Lipinski definition) is 3. The fraction of sp³-hybridized carbons (Fsp3) is 0.458. The number of ether oxygens (including phenoxy) is 1. The molecule has 2 aliphatic rings. The highest BCUT2D eigenvalue weighted by Crippen LogP contribution is 2.48. The number of hydrogen-bond donors (Lipinski definition) is 2. The Balaban J connectivity index is 0.00000272. The van der Waals surface area contributed by atoms with E-state index < -0.39 is 0 Å². The second kappa shape index (κ2) is 11.5. The molecule has 1 saturated carbocycles. The third-order valence-electron chi connectivity index (χ3n) is 6.10. The summed E-state index contributed by atoms with van der Waals surface area (Å²) in [6.07, 6.45) is 2.36. The number of nitrogens with zero attached hydrogens (tertiary/aromatic N) is 2. The number of halogens is 2. The summed E-state index contributed by atoms with van der Waals surface area (Å²) >= 11 is 6.19. The molecule has 1 heterocycles. The summed E-state index contributed by atoms with van der Waals surface area (Å²) in [7, 11) is 1.82. The van der Waals surface area contributed by atoms with Gasteiger partial charge in [0.1, 0.15) is 0 Å². The van der Waals surface area contributed by atoms with Crippen molar-refractivity contribution < 1.29 is 4.74 Å². The third-order valence-corrected chi connectivity index (χ3v) is 6.34. The number of rotatable bonds is 7. The Hall–Kier alpha value is -1.35. The average molecular weight is 555 g/mol. The predicted molar refractivity (Wildman–Crippen MR) is 139 cm³/mol. The van der Waals surface area contributed by atoms with E-state index in [1.807, 2.05) is 19.2 Å². The summed E-state index contributed by atoms with van der Waals surface area (Å²) in [6, 6.07) is 17.1. The van der Waals surface area contributed by atoms with E-state index in [0.29, 0.717) is 0 Å². The molecular formula is C24H32ClIN4O. The van der Waals surface area contributed by atoms with Gasteiger partial charge in [-0.05, 0) is 41.7 Å². The van der Waals surface area contributed by atoms with E-state index in [-0.39, 0.29) is 29.4 Å². The summed E-state index contributed by atoms with van der Waals surface area (Å²) in [5, 5.41) is 7.74. The zero-order valence-corrected chi connectivity index (χ0v) is 21.2. The zero-order chi connectivity index (χ0) is 20.8. The molecule has 1 aliphatic carbocycles. The van der Waals surface area contributed by atoms with Gasteiger partial charge in [0, 0.05) is 50.2 Å². The molecule has 1 saturated heterocycles. The van der Waals surface area contributed by atoms with Crippen LogP contribution in [0.2, 0.25) is 5.02 Å². The van der Waals surface area contributed by atoms with Gasteiger partial charge in [-0.1, -0.05) is 48.0 Å². The molecule has 31 heavy (non-hydrogen) atoms. The third kappa shape index (κ3) is 6.81. The van der Waals surface area contributed by atoms with E-state index in [1.54, 1.807) is 0 Å². The zero-order valence-electron chi connectivity index (χ0n) is 18.1. The van der Waals surface area contributed by atoms with Gasteiger partial charge in [0.25, 0.3) is 0 Å². The fourth-order valence-electron chi connectivity index (χ4n) is 3.98. The van der Waals surface area contributed by atoms with Crippen LogP contribution < -0.4 is 10.6 Å². The van der Waals surface area contributed by atoms with Gasteiger partial charge in [-0.3, -0.25) is 9.89 Å². The first-order chi connectivity index (χ1) is 14.7. The normalized spacial score (nSPS) is 18.2. The van der Waals surface area contributed by atoms with Gasteiger partial charge in [0.15, 0.2) is 5.96 Å². The lowest BCUT2D eigenvalue weighted by Crippen LogP contribution is -2.40. The second-order valence-electron chi connectivity index (χ2n) is 8.28. The first kappa shape index (κ1) is 24.3. The molecule has 1 aliphatic heterocycles. The van der Waals surface area contributed by atoms with Crippen molar-refractivity contribution in [2.45, 2.75) is 31.3 Å². The Bertz CT molecular complexity index is 864. The van der Waals surface area contributed by atoms with Crippen molar-refractivity contribution >= 4 is 41.5 Å². The van der Waals surface area contributed by atoms with Gasteiger partial charge in [0.05, 0.1) is 13.2 Å². The first-order valence-electron chi connectivity index (χ1n) is 10.8. The van der Waals surface area contributed by atoms with Crippen molar-refractivity contribution in [3.63, 3.8) is 0 Å². The van der Waals surface area contributed by atoms with Crippen LogP contribution in [0.25, 0.3) is 0 Å². The van der Waals surface area contributed by atoms with E-state index in [1.165, 1.54) is 29.5 Å². The van der Waals surface area contributed by atoms with Crippen molar-refractivity contribution in [1.29, 1.82) is 0 Å². The molecule has 0 radical (unpaired) electrons. The van der Waals surface area contributed by atoms with Crippen molar-refractivity contribution in [2.24, 2.45) is 4.99 Å². The maximum atomic E-state index is 6.19. The number of guanidine groups is 1. The summed E-state index contributed by atoms with van der Waals surface area (Å²) in [5.74, 6) is 0.834. The van der Waals surface area contributed by atoms with Crippen molar-refractivity contribution in [2.75, 3.05) is 39.9 Å². The van der Waals surface area contributed by atoms with Crippen molar-refractivity contribution in [3.05, 3.63) is 70.2 Å². The smallest absolute Gasteiger partial charge is 0.191 e. The average Bonchev–Trinajstić information content (AvgIpc) is 3.57. The van der Waals surface area contributed by atoms with Crippen molar-refractivity contribution in [1.82, 2.24) is 15.5 Å². The molecule has 5 nitrogen and oxygen atoms in total. The Morgan fingerprint density at radius 3 is 2.42 bits per heavy atom. The molecule has 168 valence electrons. The monoisotopic (exact) mass is 554 g/mol. The molecule has 0 amide bonds. The topological polar surface area (TPSA) is 48.9 Å². The highest BCUT2D eigenvalue weighted by Gasteiger charge is 2.44. The van der Waals surface area contributed by atoms with Crippen LogP contribution in [0.3, 0.4) is 0 Å². The maximum Gasteiger partial charge on any atom is 0.191 e. The SMILES string of the molecule is CN=C(NCc1ccc(CN2CCOCC2)cc1)NCC1(c2cccc(Cl)c2)CC1.I. The highest BCUT2D eigenvalue weighted by atomic mass is 127. The van der Waals surface area contributed by atoms with Crippen LogP contribution in [-0.4, -0.2) is 50.8 Å². The minimum absolute atomic E-state index is 0. The lowest BCUT2D eigenvalue weighted by atomic mass is 9.96. The molecule has 2 fully saturated rings. The molecule has 2 aromatic carbocycles. The van der Waals surface area contributed by atoms with Crippen LogP contribution in [0, 0.1) is 0 Å². The molecular weight excluding hydrogens is 523 g/mol. The number of nitrogens with one attached hydrogen (secondary N) is 2. The maximum absolute atomic E-state index is 6.19. The lowest BCUT2D eigenvalue weighted by Gasteiger charge is -2.26. The largest absolute Gasteiger partial charge is 0.379 e. The van der Waals surface area contributed by atoms with Crippen LogP contribution in [-0.2, 0) is 23.2 Å². The molecule has 0 atom stereocenters. The minimum Gasteiger partial charge on any atom is -0.379 e. The van der Waals surface area contributed by atoms with Gasteiger partial charge in [-0.15, -0.1) is 24.0 Å². The van der Waals surface area contributed by atoms with E-state index >= 15 is 0 Å². The van der Waals surface area contributed by atoms with Gasteiger partial charge >= 0.3 is 0 Å². The van der Waals surface area contributed by atoms with Crippen LogP contribution in [0.1, 0.15) is 29.5 Å². The van der Waals surface area contributed by atoms with E-state index in [2.05, 4.69) is 56.9 Å². The number of benzene rings is 2. The van der Waals surface area contributed by atoms with E-state index in [0.717, 1.165) is 56.9 Å². The summed E-state index contributed by atoms with van der Waals surface area (Å²) in [4.78, 5) is 6.83.